The summed E-state index contributed by atoms with van der Waals surface area (Å²) in [4.78, 5) is 38.6. The first-order chi connectivity index (χ1) is 18.7. The van der Waals surface area contributed by atoms with E-state index in [4.69, 9.17) is 4.74 Å². The van der Waals surface area contributed by atoms with Crippen LogP contribution in [0.3, 0.4) is 0 Å². The van der Waals surface area contributed by atoms with Crippen molar-refractivity contribution in [2.24, 2.45) is 0 Å². The van der Waals surface area contributed by atoms with E-state index in [1.165, 1.54) is 44.8 Å². The van der Waals surface area contributed by atoms with E-state index in [1.54, 1.807) is 24.4 Å². The maximum atomic E-state index is 13.3. The van der Waals surface area contributed by atoms with Gasteiger partial charge in [0, 0.05) is 25.1 Å². The SMILES string of the molecule is CCCn1cnc2nc(-c3cnn(Cc4cccc(C(F)(F)F)c4)c3)n(COC(=O)c3cccnc3)c2c1=O. The summed E-state index contributed by atoms with van der Waals surface area (Å²) in [6.45, 7) is 2.09. The summed E-state index contributed by atoms with van der Waals surface area (Å²) in [6.07, 6.45) is 3.60. The second-order valence-corrected chi connectivity index (χ2v) is 8.71. The summed E-state index contributed by atoms with van der Waals surface area (Å²) in [6, 6.07) is 8.13. The summed E-state index contributed by atoms with van der Waals surface area (Å²) in [5.41, 5.74) is 0.296. The molecular weight excluding hydrogens is 515 g/mol. The van der Waals surface area contributed by atoms with E-state index in [2.05, 4.69) is 20.1 Å². The first-order valence-corrected chi connectivity index (χ1v) is 12.0. The van der Waals surface area contributed by atoms with Crippen molar-refractivity contribution in [2.45, 2.75) is 39.3 Å². The molecule has 0 aliphatic heterocycles. The Kier molecular flexibility index (Phi) is 6.96. The fourth-order valence-electron chi connectivity index (χ4n) is 4.09. The van der Waals surface area contributed by atoms with E-state index in [9.17, 15) is 22.8 Å². The second-order valence-electron chi connectivity index (χ2n) is 8.71. The van der Waals surface area contributed by atoms with Crippen LogP contribution in [0.5, 0.6) is 0 Å². The zero-order chi connectivity index (χ0) is 27.6. The van der Waals surface area contributed by atoms with Crippen molar-refractivity contribution in [3.63, 3.8) is 0 Å². The Morgan fingerprint density at radius 2 is 1.97 bits per heavy atom. The summed E-state index contributed by atoms with van der Waals surface area (Å²) in [5, 5.41) is 4.27. The highest BCUT2D eigenvalue weighted by Crippen LogP contribution is 2.30. The number of carbonyl (C=O) groups is 1. The van der Waals surface area contributed by atoms with E-state index in [-0.39, 0.29) is 41.4 Å². The number of esters is 1. The highest BCUT2D eigenvalue weighted by atomic mass is 19.4. The third kappa shape index (κ3) is 5.42. The smallest absolute Gasteiger partial charge is 0.416 e. The lowest BCUT2D eigenvalue weighted by Gasteiger charge is -2.10. The fraction of sp³-hybridized carbons (Fsp3) is 0.231. The molecule has 0 saturated carbocycles. The minimum Gasteiger partial charge on any atom is -0.440 e. The van der Waals surface area contributed by atoms with E-state index in [0.717, 1.165) is 12.1 Å². The first kappa shape index (κ1) is 25.8. The molecule has 0 unspecified atom stereocenters. The molecule has 0 saturated heterocycles. The molecule has 0 amide bonds. The first-order valence-electron chi connectivity index (χ1n) is 12.0. The van der Waals surface area contributed by atoms with Gasteiger partial charge in [-0.3, -0.25) is 23.6 Å². The average Bonchev–Trinajstić information content (AvgIpc) is 3.54. The fourth-order valence-corrected chi connectivity index (χ4v) is 4.09. The molecule has 0 spiro atoms. The predicted octanol–water partition coefficient (Wildman–Crippen LogP) is 4.14. The predicted molar refractivity (Wildman–Crippen MR) is 133 cm³/mol. The number of fused-ring (bicyclic) bond motifs is 1. The van der Waals surface area contributed by atoms with Crippen LogP contribution in [0, 0.1) is 0 Å². The minimum absolute atomic E-state index is 0.0711. The summed E-state index contributed by atoms with van der Waals surface area (Å²) in [7, 11) is 0. The van der Waals surface area contributed by atoms with Crippen LogP contribution in [-0.4, -0.2) is 39.8 Å². The number of rotatable bonds is 8. The molecule has 39 heavy (non-hydrogen) atoms. The number of pyridine rings is 1. The van der Waals surface area contributed by atoms with Gasteiger partial charge in [-0.2, -0.15) is 18.3 Å². The topological polar surface area (TPSA) is 110 Å². The molecule has 0 fully saturated rings. The Morgan fingerprint density at radius 3 is 2.72 bits per heavy atom. The Hall–Kier alpha value is -4.81. The van der Waals surface area contributed by atoms with Crippen LogP contribution in [0.1, 0.15) is 34.8 Å². The zero-order valence-electron chi connectivity index (χ0n) is 20.7. The number of hydrogen-bond acceptors (Lipinski definition) is 7. The van der Waals surface area contributed by atoms with Gasteiger partial charge in [0.05, 0.1) is 29.4 Å². The van der Waals surface area contributed by atoms with Crippen LogP contribution in [-0.2, 0) is 30.7 Å². The number of ether oxygens (including phenoxy) is 1. The second kappa shape index (κ2) is 10.5. The lowest BCUT2D eigenvalue weighted by molar-refractivity contribution is -0.137. The van der Waals surface area contributed by atoms with Crippen LogP contribution in [0.4, 0.5) is 13.2 Å². The Labute approximate surface area is 219 Å². The van der Waals surface area contributed by atoms with Crippen LogP contribution < -0.4 is 5.56 Å². The number of carbonyl (C=O) groups excluding carboxylic acids is 1. The van der Waals surface area contributed by atoms with Gasteiger partial charge in [-0.05, 0) is 36.2 Å². The lowest BCUT2D eigenvalue weighted by Crippen LogP contribution is -2.23. The summed E-state index contributed by atoms with van der Waals surface area (Å²) < 4.78 is 49.2. The molecule has 5 aromatic rings. The molecule has 0 aliphatic carbocycles. The van der Waals surface area contributed by atoms with Crippen molar-refractivity contribution in [1.82, 2.24) is 33.9 Å². The van der Waals surface area contributed by atoms with Crippen molar-refractivity contribution in [2.75, 3.05) is 0 Å². The van der Waals surface area contributed by atoms with E-state index in [1.807, 2.05) is 6.92 Å². The van der Waals surface area contributed by atoms with Crippen molar-refractivity contribution in [3.05, 3.63) is 94.6 Å². The molecule has 0 aliphatic rings. The van der Waals surface area contributed by atoms with Crippen molar-refractivity contribution in [1.29, 1.82) is 0 Å². The molecule has 0 radical (unpaired) electrons. The molecule has 4 aromatic heterocycles. The van der Waals surface area contributed by atoms with Crippen molar-refractivity contribution < 1.29 is 22.7 Å². The van der Waals surface area contributed by atoms with Gasteiger partial charge >= 0.3 is 12.1 Å². The number of benzene rings is 1. The summed E-state index contributed by atoms with van der Waals surface area (Å²) >= 11 is 0. The number of aromatic nitrogens is 7. The number of alkyl halides is 3. The third-order valence-corrected chi connectivity index (χ3v) is 5.91. The number of nitrogens with zero attached hydrogens (tertiary/aromatic N) is 7. The molecule has 1 aromatic carbocycles. The molecule has 200 valence electrons. The lowest BCUT2D eigenvalue weighted by atomic mass is 10.1. The van der Waals surface area contributed by atoms with Gasteiger partial charge in [0.1, 0.15) is 12.2 Å². The van der Waals surface area contributed by atoms with Gasteiger partial charge in [-0.25, -0.2) is 14.8 Å². The molecule has 10 nitrogen and oxygen atoms in total. The molecule has 0 atom stereocenters. The monoisotopic (exact) mass is 537 g/mol. The number of hydrogen-bond donors (Lipinski definition) is 0. The molecule has 13 heteroatoms. The van der Waals surface area contributed by atoms with Crippen LogP contribution >= 0.6 is 0 Å². The number of aryl methyl sites for hydroxylation is 1. The van der Waals surface area contributed by atoms with E-state index < -0.39 is 17.7 Å². The minimum atomic E-state index is -4.46. The van der Waals surface area contributed by atoms with Crippen LogP contribution in [0.2, 0.25) is 0 Å². The Morgan fingerprint density at radius 1 is 1.13 bits per heavy atom. The van der Waals surface area contributed by atoms with Gasteiger partial charge in [0.15, 0.2) is 17.9 Å². The third-order valence-electron chi connectivity index (χ3n) is 5.91. The molecule has 0 bridgehead atoms. The largest absolute Gasteiger partial charge is 0.440 e. The quantitative estimate of drug-likeness (QED) is 0.274. The Balaban J connectivity index is 1.50. The highest BCUT2D eigenvalue weighted by molar-refractivity contribution is 5.89. The van der Waals surface area contributed by atoms with Gasteiger partial charge in [-0.1, -0.05) is 19.1 Å². The van der Waals surface area contributed by atoms with Crippen LogP contribution in [0.15, 0.2) is 72.3 Å². The van der Waals surface area contributed by atoms with Crippen LogP contribution in [0.25, 0.3) is 22.6 Å². The molecule has 0 N–H and O–H groups in total. The highest BCUT2D eigenvalue weighted by Gasteiger charge is 2.30. The molecule has 5 rings (SSSR count). The Bertz CT molecular complexity index is 1690. The molecule has 4 heterocycles. The van der Waals surface area contributed by atoms with Crippen molar-refractivity contribution >= 4 is 17.1 Å². The molecular formula is C26H22F3N7O3. The van der Waals surface area contributed by atoms with E-state index >= 15 is 0 Å². The van der Waals surface area contributed by atoms with Crippen molar-refractivity contribution in [3.8, 4) is 11.4 Å². The van der Waals surface area contributed by atoms with Gasteiger partial charge in [0.2, 0.25) is 0 Å². The number of imidazole rings is 1. The average molecular weight is 538 g/mol. The summed E-state index contributed by atoms with van der Waals surface area (Å²) in [5.74, 6) is -0.382. The zero-order valence-corrected chi connectivity index (χ0v) is 20.7. The van der Waals surface area contributed by atoms with E-state index in [0.29, 0.717) is 24.1 Å². The normalized spacial score (nSPS) is 11.7. The maximum absolute atomic E-state index is 13.3. The van der Waals surface area contributed by atoms with Gasteiger partial charge in [-0.15, -0.1) is 0 Å². The number of halogens is 3. The van der Waals surface area contributed by atoms with Gasteiger partial charge < -0.3 is 4.74 Å². The maximum Gasteiger partial charge on any atom is 0.416 e. The van der Waals surface area contributed by atoms with Gasteiger partial charge in [0.25, 0.3) is 5.56 Å². The standard InChI is InChI=1S/C26H22F3N7O3/c1-2-9-34-15-31-22-21(24(34)37)36(16-39-25(38)18-6-4-8-30-11-18)23(33-22)19-12-32-35(14-19)13-17-5-3-7-20(10-17)26(27,28)29/h3-8,10-12,14-15H,2,9,13,16H2,1H3.